The second-order valence-corrected chi connectivity index (χ2v) is 19.0. The van der Waals surface area contributed by atoms with E-state index in [0.717, 1.165) is 0 Å². The van der Waals surface area contributed by atoms with Crippen molar-refractivity contribution < 1.29 is 0 Å². The maximum absolute atomic E-state index is 4.11. The van der Waals surface area contributed by atoms with Crippen molar-refractivity contribution >= 4 is 57.3 Å². The molecule has 0 aliphatic rings. The Hall–Kier alpha value is 1.75. The standard InChI is InChI=1S/C17H37BrS3Si/c1-4-5-6-7-8-9-10-11-12-13-14-21-17-22(18,15-19-2)16-20-3/h4-17H2,1-3H3. The molecular weight excluding hydrogens is 408 g/mol. The Morgan fingerprint density at radius 3 is 1.59 bits per heavy atom. The van der Waals surface area contributed by atoms with E-state index in [-0.39, 0.29) is 0 Å². The molecule has 0 fully saturated rings. The quantitative estimate of drug-likeness (QED) is 0.131. The van der Waals surface area contributed by atoms with Crippen molar-refractivity contribution in [2.24, 2.45) is 0 Å². The first-order chi connectivity index (χ1) is 10.7. The fraction of sp³-hybridized carbons (Fsp3) is 1.00. The summed E-state index contributed by atoms with van der Waals surface area (Å²) >= 11 is 10.4. The lowest BCUT2D eigenvalue weighted by atomic mass is 10.1. The van der Waals surface area contributed by atoms with Gasteiger partial charge in [0.2, 0.25) is 0 Å². The molecule has 0 nitrogen and oxygen atoms in total. The SMILES string of the molecule is CCCCCCCCCCCCSC[Si](Br)(CSC)CSC. The first-order valence-electron chi connectivity index (χ1n) is 8.93. The summed E-state index contributed by atoms with van der Waals surface area (Å²) in [6.07, 6.45) is 18.9. The van der Waals surface area contributed by atoms with Crippen molar-refractivity contribution in [1.82, 2.24) is 0 Å². The van der Waals surface area contributed by atoms with E-state index in [1.165, 1.54) is 86.1 Å². The second kappa shape index (κ2) is 17.6. The molecule has 0 rings (SSSR count). The zero-order valence-electron chi connectivity index (χ0n) is 15.0. The Labute approximate surface area is 162 Å². The molecule has 0 heterocycles. The van der Waals surface area contributed by atoms with Crippen LogP contribution in [0.25, 0.3) is 0 Å². The summed E-state index contributed by atoms with van der Waals surface area (Å²) in [5.41, 5.74) is 0. The van der Waals surface area contributed by atoms with E-state index < -0.39 is 6.69 Å². The first-order valence-corrected chi connectivity index (χ1v) is 17.7. The molecule has 0 aliphatic carbocycles. The van der Waals surface area contributed by atoms with E-state index in [2.05, 4.69) is 46.5 Å². The van der Waals surface area contributed by atoms with Crippen molar-refractivity contribution in [2.75, 3.05) is 34.4 Å². The molecule has 0 spiro atoms. The number of halogens is 1. The average molecular weight is 446 g/mol. The highest BCUT2D eigenvalue weighted by Gasteiger charge is 2.28. The zero-order chi connectivity index (χ0) is 16.5. The molecule has 0 aromatic rings. The number of unbranched alkanes of at least 4 members (excludes halogenated alkanes) is 9. The lowest BCUT2D eigenvalue weighted by Gasteiger charge is -2.22. The number of hydrogen-bond acceptors (Lipinski definition) is 3. The molecule has 0 amide bonds. The average Bonchev–Trinajstić information content (AvgIpc) is 2.49. The van der Waals surface area contributed by atoms with Crippen LogP contribution in [0, 0.1) is 0 Å². The summed E-state index contributed by atoms with van der Waals surface area (Å²) in [6, 6.07) is 0. The van der Waals surface area contributed by atoms with E-state index in [9.17, 15) is 0 Å². The molecule has 0 N–H and O–H groups in total. The van der Waals surface area contributed by atoms with E-state index in [1.807, 2.05) is 23.5 Å². The van der Waals surface area contributed by atoms with Gasteiger partial charge in [0.15, 0.2) is 6.69 Å². The van der Waals surface area contributed by atoms with Crippen LogP contribution in [-0.2, 0) is 0 Å². The fourth-order valence-electron chi connectivity index (χ4n) is 2.59. The van der Waals surface area contributed by atoms with Crippen LogP contribution < -0.4 is 0 Å². The Morgan fingerprint density at radius 1 is 0.682 bits per heavy atom. The van der Waals surface area contributed by atoms with E-state index in [0.29, 0.717) is 0 Å². The van der Waals surface area contributed by atoms with Crippen LogP contribution in [0.2, 0.25) is 0 Å². The third-order valence-electron chi connectivity index (χ3n) is 3.81. The van der Waals surface area contributed by atoms with Crippen molar-refractivity contribution in [2.45, 2.75) is 71.1 Å². The highest BCUT2D eigenvalue weighted by atomic mass is 79.9. The fourth-order valence-corrected chi connectivity index (χ4v) is 18.0. The molecule has 5 heteroatoms. The van der Waals surface area contributed by atoms with Crippen molar-refractivity contribution in [3.8, 4) is 0 Å². The van der Waals surface area contributed by atoms with Gasteiger partial charge in [0.25, 0.3) is 0 Å². The molecule has 0 bridgehead atoms. The Bertz CT molecular complexity index is 224. The lowest BCUT2D eigenvalue weighted by molar-refractivity contribution is 0.563. The van der Waals surface area contributed by atoms with Crippen LogP contribution >= 0.6 is 50.6 Å². The minimum atomic E-state index is -1.15. The van der Waals surface area contributed by atoms with E-state index in [1.54, 1.807) is 0 Å². The van der Waals surface area contributed by atoms with Crippen molar-refractivity contribution in [3.63, 3.8) is 0 Å². The summed E-state index contributed by atoms with van der Waals surface area (Å²) in [7, 11) is 0. The minimum absolute atomic E-state index is 1.15. The number of rotatable bonds is 17. The minimum Gasteiger partial charge on any atom is -0.168 e. The molecule has 0 unspecified atom stereocenters. The third kappa shape index (κ3) is 15.3. The summed E-state index contributed by atoms with van der Waals surface area (Å²) in [5.74, 6) is 1.37. The van der Waals surface area contributed by atoms with Crippen LogP contribution in [0.5, 0.6) is 0 Å². The van der Waals surface area contributed by atoms with Gasteiger partial charge in [-0.15, -0.1) is 15.3 Å². The maximum Gasteiger partial charge on any atom is 0.159 e. The number of thioether (sulfide) groups is 3. The summed E-state index contributed by atoms with van der Waals surface area (Å²) < 4.78 is 0. The zero-order valence-corrected chi connectivity index (χ0v) is 20.0. The smallest absolute Gasteiger partial charge is 0.159 e. The third-order valence-corrected chi connectivity index (χ3v) is 19.9. The molecule has 134 valence electrons. The van der Waals surface area contributed by atoms with Gasteiger partial charge in [-0.25, -0.2) is 0 Å². The van der Waals surface area contributed by atoms with Gasteiger partial charge in [0.1, 0.15) is 0 Å². The second-order valence-electron chi connectivity index (χ2n) is 6.25. The lowest BCUT2D eigenvalue weighted by Crippen LogP contribution is -2.38. The molecule has 0 saturated heterocycles. The van der Waals surface area contributed by atoms with Crippen LogP contribution in [0.1, 0.15) is 71.1 Å². The molecule has 0 atom stereocenters. The van der Waals surface area contributed by atoms with Crippen molar-refractivity contribution in [1.29, 1.82) is 0 Å². The van der Waals surface area contributed by atoms with Gasteiger partial charge >= 0.3 is 0 Å². The van der Waals surface area contributed by atoms with Gasteiger partial charge in [0, 0.05) is 5.38 Å². The van der Waals surface area contributed by atoms with Crippen molar-refractivity contribution in [3.05, 3.63) is 0 Å². The topological polar surface area (TPSA) is 0 Å². The number of hydrogen-bond donors (Lipinski definition) is 0. The largest absolute Gasteiger partial charge is 0.168 e. The predicted molar refractivity (Wildman–Crippen MR) is 121 cm³/mol. The van der Waals surface area contributed by atoms with Gasteiger partial charge in [-0.05, 0) is 35.4 Å². The van der Waals surface area contributed by atoms with Gasteiger partial charge in [-0.1, -0.05) is 64.7 Å². The molecular formula is C17H37BrS3Si. The summed E-state index contributed by atoms with van der Waals surface area (Å²) in [6.45, 7) is 1.15. The first kappa shape index (κ1) is 23.7. The Balaban J connectivity index is 3.34. The van der Waals surface area contributed by atoms with E-state index >= 15 is 0 Å². The normalized spacial score (nSPS) is 12.0. The van der Waals surface area contributed by atoms with Crippen LogP contribution in [0.15, 0.2) is 0 Å². The highest BCUT2D eigenvalue weighted by molar-refractivity contribution is 9.26. The molecule has 0 aromatic carbocycles. The molecule has 0 aromatic heterocycles. The van der Waals surface area contributed by atoms with E-state index in [4.69, 9.17) is 0 Å². The van der Waals surface area contributed by atoms with Crippen LogP contribution in [-0.4, -0.2) is 41.1 Å². The predicted octanol–water partition coefficient (Wildman–Crippen LogP) is 7.32. The Morgan fingerprint density at radius 2 is 1.14 bits per heavy atom. The van der Waals surface area contributed by atoms with Gasteiger partial charge in [-0.2, -0.15) is 35.3 Å². The highest BCUT2D eigenvalue weighted by Crippen LogP contribution is 2.26. The summed E-state index contributed by atoms with van der Waals surface area (Å²) in [4.78, 5) is 0. The monoisotopic (exact) mass is 444 g/mol. The van der Waals surface area contributed by atoms with Gasteiger partial charge < -0.3 is 0 Å². The molecule has 22 heavy (non-hydrogen) atoms. The van der Waals surface area contributed by atoms with Gasteiger partial charge in [-0.3, -0.25) is 0 Å². The van der Waals surface area contributed by atoms with Crippen LogP contribution in [0.4, 0.5) is 0 Å². The van der Waals surface area contributed by atoms with Gasteiger partial charge in [0.05, 0.1) is 0 Å². The molecule has 0 saturated carbocycles. The molecule has 0 aliphatic heterocycles. The molecule has 0 radical (unpaired) electrons. The van der Waals surface area contributed by atoms with Crippen LogP contribution in [0.3, 0.4) is 0 Å². The maximum atomic E-state index is 4.11. The summed E-state index contributed by atoms with van der Waals surface area (Å²) in [5, 5.41) is 4.11. The Kier molecular flexibility index (Phi) is 19.0.